The third kappa shape index (κ3) is 3.55. The lowest BCUT2D eigenvalue weighted by Gasteiger charge is -2.24. The zero-order valence-electron chi connectivity index (χ0n) is 16.1. The number of nitrogens with two attached hydrogens (primary N) is 1. The molecule has 0 aromatic heterocycles. The minimum absolute atomic E-state index is 0.159. The van der Waals surface area contributed by atoms with E-state index >= 15 is 0 Å². The van der Waals surface area contributed by atoms with Crippen molar-refractivity contribution in [2.45, 2.75) is 19.4 Å². The number of hydrogen-bond donors (Lipinski definition) is 1. The van der Waals surface area contributed by atoms with E-state index in [4.69, 9.17) is 15.2 Å². The second kappa shape index (κ2) is 8.12. The van der Waals surface area contributed by atoms with E-state index in [0.717, 1.165) is 11.1 Å². The van der Waals surface area contributed by atoms with Crippen LogP contribution in [0, 0.1) is 0 Å². The van der Waals surface area contributed by atoms with Crippen molar-refractivity contribution in [1.29, 1.82) is 0 Å². The van der Waals surface area contributed by atoms with Crippen LogP contribution in [0.25, 0.3) is 0 Å². The molecule has 0 fully saturated rings. The van der Waals surface area contributed by atoms with Gasteiger partial charge in [-0.1, -0.05) is 30.3 Å². The minimum Gasteiger partial charge on any atom is -0.493 e. The highest BCUT2D eigenvalue weighted by Crippen LogP contribution is 2.38. The predicted octanol–water partition coefficient (Wildman–Crippen LogP) is 2.15. The van der Waals surface area contributed by atoms with E-state index in [-0.39, 0.29) is 12.3 Å². The highest BCUT2D eigenvalue weighted by molar-refractivity contribution is 6.20. The Bertz CT molecular complexity index is 925. The summed E-state index contributed by atoms with van der Waals surface area (Å²) >= 11 is 0. The second-order valence-electron chi connectivity index (χ2n) is 6.34. The average Bonchev–Trinajstić information content (AvgIpc) is 2.81. The molecule has 0 aliphatic carbocycles. The standard InChI is InChI=1S/C21H23N3O4/c1-4-24-16-12-18(28-3)17(27-2)10-14(16)20(13-8-6-5-7-9-13)23-15(21(24)26)11-19(22)25/h5-10,12,15H,4,11H2,1-3H3,(H2,22,25). The first-order valence-electron chi connectivity index (χ1n) is 8.99. The molecule has 7 nitrogen and oxygen atoms in total. The Morgan fingerprint density at radius 2 is 1.79 bits per heavy atom. The van der Waals surface area contributed by atoms with Crippen LogP contribution in [0.4, 0.5) is 5.69 Å². The lowest BCUT2D eigenvalue weighted by atomic mass is 9.99. The van der Waals surface area contributed by atoms with Crippen molar-refractivity contribution in [1.82, 2.24) is 0 Å². The molecule has 2 aromatic rings. The van der Waals surface area contributed by atoms with Crippen molar-refractivity contribution in [2.24, 2.45) is 10.7 Å². The van der Waals surface area contributed by atoms with E-state index in [0.29, 0.717) is 29.4 Å². The van der Waals surface area contributed by atoms with Gasteiger partial charge in [-0.3, -0.25) is 14.6 Å². The van der Waals surface area contributed by atoms with E-state index in [2.05, 4.69) is 4.99 Å². The number of nitrogens with zero attached hydrogens (tertiary/aromatic N) is 2. The third-order valence-electron chi connectivity index (χ3n) is 4.64. The van der Waals surface area contributed by atoms with Crippen LogP contribution in [-0.2, 0) is 9.59 Å². The largest absolute Gasteiger partial charge is 0.493 e. The molecule has 2 amide bonds. The monoisotopic (exact) mass is 381 g/mol. The smallest absolute Gasteiger partial charge is 0.252 e. The van der Waals surface area contributed by atoms with Crippen molar-refractivity contribution < 1.29 is 19.1 Å². The van der Waals surface area contributed by atoms with Crippen molar-refractivity contribution in [3.63, 3.8) is 0 Å². The first-order chi connectivity index (χ1) is 13.5. The lowest BCUT2D eigenvalue weighted by Crippen LogP contribution is -2.39. The van der Waals surface area contributed by atoms with Crippen molar-refractivity contribution in [2.75, 3.05) is 25.7 Å². The Labute approximate surface area is 163 Å². The highest BCUT2D eigenvalue weighted by atomic mass is 16.5. The predicted molar refractivity (Wildman–Crippen MR) is 107 cm³/mol. The van der Waals surface area contributed by atoms with Gasteiger partial charge in [-0.2, -0.15) is 0 Å². The van der Waals surface area contributed by atoms with Crippen LogP contribution in [0.5, 0.6) is 11.5 Å². The van der Waals surface area contributed by atoms with Gasteiger partial charge in [-0.25, -0.2) is 0 Å². The normalized spacial score (nSPS) is 16.1. The number of fused-ring (bicyclic) bond motifs is 1. The Kier molecular flexibility index (Phi) is 5.63. The summed E-state index contributed by atoms with van der Waals surface area (Å²) in [4.78, 5) is 31.0. The summed E-state index contributed by atoms with van der Waals surface area (Å²) in [7, 11) is 3.10. The van der Waals surface area contributed by atoms with E-state index in [1.54, 1.807) is 25.2 Å². The van der Waals surface area contributed by atoms with Gasteiger partial charge in [0.05, 0.1) is 32.0 Å². The van der Waals surface area contributed by atoms with Gasteiger partial charge in [0.2, 0.25) is 5.91 Å². The number of likely N-dealkylation sites (N-methyl/N-ethyl adjacent to an activating group) is 1. The number of carbonyl (C=O) groups excluding carboxylic acids is 2. The average molecular weight is 381 g/mol. The summed E-state index contributed by atoms with van der Waals surface area (Å²) in [5, 5.41) is 0. The number of benzene rings is 2. The van der Waals surface area contributed by atoms with Crippen LogP contribution in [-0.4, -0.2) is 44.3 Å². The van der Waals surface area contributed by atoms with Gasteiger partial charge in [0, 0.05) is 23.7 Å². The molecule has 1 aliphatic heterocycles. The van der Waals surface area contributed by atoms with Crippen LogP contribution < -0.4 is 20.1 Å². The van der Waals surface area contributed by atoms with Crippen LogP contribution in [0.15, 0.2) is 47.5 Å². The molecular formula is C21H23N3O4. The van der Waals surface area contributed by atoms with Crippen LogP contribution in [0.1, 0.15) is 24.5 Å². The van der Waals surface area contributed by atoms with E-state index in [1.165, 1.54) is 0 Å². The number of anilines is 1. The van der Waals surface area contributed by atoms with E-state index in [9.17, 15) is 9.59 Å². The van der Waals surface area contributed by atoms with Crippen molar-refractivity contribution in [3.8, 4) is 11.5 Å². The number of hydrogen-bond acceptors (Lipinski definition) is 5. The molecule has 1 heterocycles. The molecule has 146 valence electrons. The molecule has 0 radical (unpaired) electrons. The number of primary amides is 1. The fraction of sp³-hybridized carbons (Fsp3) is 0.286. The Hall–Kier alpha value is -3.35. The first-order valence-corrected chi connectivity index (χ1v) is 8.99. The molecule has 1 atom stereocenters. The Balaban J connectivity index is 2.31. The molecule has 0 spiro atoms. The van der Waals surface area contributed by atoms with Gasteiger partial charge in [0.15, 0.2) is 11.5 Å². The molecule has 2 N–H and O–H groups in total. The maximum absolute atomic E-state index is 13.1. The van der Waals surface area contributed by atoms with Gasteiger partial charge >= 0.3 is 0 Å². The van der Waals surface area contributed by atoms with E-state index in [1.807, 2.05) is 43.3 Å². The number of ether oxygens (including phenoxy) is 2. The van der Waals surface area contributed by atoms with Gasteiger partial charge < -0.3 is 20.1 Å². The maximum Gasteiger partial charge on any atom is 0.252 e. The zero-order chi connectivity index (χ0) is 20.3. The molecule has 7 heteroatoms. The van der Waals surface area contributed by atoms with Gasteiger partial charge in [0.1, 0.15) is 6.04 Å². The number of amides is 2. The SMILES string of the molecule is CCN1C(=O)C(CC(N)=O)N=C(c2ccccc2)c2cc(OC)c(OC)cc21. The molecule has 0 saturated carbocycles. The number of benzodiazepines with no additional fused rings is 1. The fourth-order valence-corrected chi connectivity index (χ4v) is 3.34. The summed E-state index contributed by atoms with van der Waals surface area (Å²) in [5.74, 6) is 0.183. The number of carbonyl (C=O) groups is 2. The minimum atomic E-state index is -0.892. The molecule has 28 heavy (non-hydrogen) atoms. The van der Waals surface area contributed by atoms with Crippen LogP contribution in [0.3, 0.4) is 0 Å². The quantitative estimate of drug-likeness (QED) is 0.830. The summed E-state index contributed by atoms with van der Waals surface area (Å²) in [5.41, 5.74) is 8.20. The van der Waals surface area contributed by atoms with Crippen LogP contribution >= 0.6 is 0 Å². The van der Waals surface area contributed by atoms with Gasteiger partial charge in [0.25, 0.3) is 5.91 Å². The molecule has 0 bridgehead atoms. The zero-order valence-corrected chi connectivity index (χ0v) is 16.1. The second-order valence-corrected chi connectivity index (χ2v) is 6.34. The molecule has 1 aliphatic rings. The summed E-state index contributed by atoms with van der Waals surface area (Å²) in [6.45, 7) is 2.28. The van der Waals surface area contributed by atoms with Crippen molar-refractivity contribution >= 4 is 23.2 Å². The molecule has 0 saturated heterocycles. The summed E-state index contributed by atoms with van der Waals surface area (Å²) in [6, 6.07) is 12.2. The molecule has 3 rings (SSSR count). The summed E-state index contributed by atoms with van der Waals surface area (Å²) < 4.78 is 10.9. The topological polar surface area (TPSA) is 94.2 Å². The van der Waals surface area contributed by atoms with Crippen LogP contribution in [0.2, 0.25) is 0 Å². The molecular weight excluding hydrogens is 358 g/mol. The number of rotatable bonds is 6. The van der Waals surface area contributed by atoms with Gasteiger partial charge in [-0.05, 0) is 13.0 Å². The number of methoxy groups -OCH3 is 2. The highest BCUT2D eigenvalue weighted by Gasteiger charge is 2.33. The molecule has 1 unspecified atom stereocenters. The maximum atomic E-state index is 13.1. The molecule has 2 aromatic carbocycles. The van der Waals surface area contributed by atoms with E-state index < -0.39 is 11.9 Å². The Morgan fingerprint density at radius 3 is 2.36 bits per heavy atom. The Morgan fingerprint density at radius 1 is 1.14 bits per heavy atom. The first kappa shape index (κ1) is 19.4. The fourth-order valence-electron chi connectivity index (χ4n) is 3.34. The lowest BCUT2D eigenvalue weighted by molar-refractivity contribution is -0.124. The number of aliphatic imine (C=N–C) groups is 1. The summed E-state index contributed by atoms with van der Waals surface area (Å²) in [6.07, 6.45) is -0.159. The third-order valence-corrected chi connectivity index (χ3v) is 4.64. The van der Waals surface area contributed by atoms with Crippen molar-refractivity contribution in [3.05, 3.63) is 53.6 Å². The van der Waals surface area contributed by atoms with Gasteiger partial charge in [-0.15, -0.1) is 0 Å².